The Labute approximate surface area is 125 Å². The minimum atomic E-state index is 0.265. The Balaban J connectivity index is 1.71. The molecule has 0 bridgehead atoms. The first kappa shape index (κ1) is 13.6. The third kappa shape index (κ3) is 2.60. The van der Waals surface area contributed by atoms with Crippen LogP contribution < -0.4 is 10.6 Å². The molecule has 0 amide bonds. The minimum Gasteiger partial charge on any atom is -0.457 e. The van der Waals surface area contributed by atoms with E-state index in [9.17, 15) is 0 Å². The van der Waals surface area contributed by atoms with Gasteiger partial charge in [0.15, 0.2) is 10.5 Å². The number of hydrogen-bond acceptors (Lipinski definition) is 5. The Kier molecular flexibility index (Phi) is 3.80. The Morgan fingerprint density at radius 1 is 1.50 bits per heavy atom. The normalized spacial score (nSPS) is 18.4. The van der Waals surface area contributed by atoms with Gasteiger partial charge in [-0.3, -0.25) is 5.10 Å². The van der Waals surface area contributed by atoms with Crippen molar-refractivity contribution in [1.82, 2.24) is 15.2 Å². The zero-order chi connectivity index (χ0) is 14.1. The van der Waals surface area contributed by atoms with E-state index in [-0.39, 0.29) is 6.04 Å². The molecule has 0 aliphatic carbocycles. The fourth-order valence-electron chi connectivity index (χ4n) is 2.60. The van der Waals surface area contributed by atoms with Crippen molar-refractivity contribution in [1.29, 1.82) is 0 Å². The molecule has 1 aliphatic rings. The molecule has 2 aromatic heterocycles. The first-order chi connectivity index (χ1) is 9.65. The molecule has 2 aromatic rings. The highest BCUT2D eigenvalue weighted by Crippen LogP contribution is 2.28. The SMILES string of the molecule is CC(N)C1CCN(c2n[nH]c(-c3ccoc3Br)n2)CC1. The second-order valence-electron chi connectivity index (χ2n) is 5.28. The molecule has 1 aliphatic heterocycles. The van der Waals surface area contributed by atoms with Gasteiger partial charge in [-0.15, -0.1) is 5.10 Å². The second-order valence-corrected chi connectivity index (χ2v) is 6.00. The summed E-state index contributed by atoms with van der Waals surface area (Å²) >= 11 is 3.35. The lowest BCUT2D eigenvalue weighted by Crippen LogP contribution is -2.40. The molecule has 1 fully saturated rings. The highest BCUT2D eigenvalue weighted by molar-refractivity contribution is 9.10. The summed E-state index contributed by atoms with van der Waals surface area (Å²) in [5.41, 5.74) is 6.85. The van der Waals surface area contributed by atoms with Crippen LogP contribution in [0.2, 0.25) is 0 Å². The number of nitrogens with two attached hydrogens (primary N) is 1. The number of H-pyrrole nitrogens is 1. The highest BCUT2D eigenvalue weighted by Gasteiger charge is 2.24. The summed E-state index contributed by atoms with van der Waals surface area (Å²) in [4.78, 5) is 6.75. The van der Waals surface area contributed by atoms with Crippen LogP contribution in [0.3, 0.4) is 0 Å². The van der Waals surface area contributed by atoms with E-state index in [2.05, 4.69) is 42.9 Å². The van der Waals surface area contributed by atoms with E-state index in [4.69, 9.17) is 10.2 Å². The smallest absolute Gasteiger partial charge is 0.245 e. The van der Waals surface area contributed by atoms with E-state index in [1.807, 2.05) is 6.07 Å². The van der Waals surface area contributed by atoms with Crippen LogP contribution in [0.5, 0.6) is 0 Å². The summed E-state index contributed by atoms with van der Waals surface area (Å²) in [5, 5.41) is 7.27. The maximum atomic E-state index is 5.96. The van der Waals surface area contributed by atoms with Gasteiger partial charge in [0.25, 0.3) is 0 Å². The zero-order valence-electron chi connectivity index (χ0n) is 11.3. The van der Waals surface area contributed by atoms with Crippen LogP contribution >= 0.6 is 15.9 Å². The molecule has 1 saturated heterocycles. The van der Waals surface area contributed by atoms with Gasteiger partial charge in [0, 0.05) is 19.1 Å². The summed E-state index contributed by atoms with van der Waals surface area (Å²) < 4.78 is 5.88. The van der Waals surface area contributed by atoms with E-state index in [1.54, 1.807) is 6.26 Å². The van der Waals surface area contributed by atoms with Gasteiger partial charge in [-0.1, -0.05) is 0 Å². The van der Waals surface area contributed by atoms with Gasteiger partial charge in [-0.25, -0.2) is 0 Å². The van der Waals surface area contributed by atoms with Crippen molar-refractivity contribution >= 4 is 21.9 Å². The van der Waals surface area contributed by atoms with Crippen LogP contribution in [0.4, 0.5) is 5.95 Å². The molecule has 1 unspecified atom stereocenters. The van der Waals surface area contributed by atoms with E-state index in [1.165, 1.54) is 0 Å². The molecule has 6 nitrogen and oxygen atoms in total. The number of anilines is 1. The Bertz CT molecular complexity index is 571. The first-order valence-electron chi connectivity index (χ1n) is 6.81. The van der Waals surface area contributed by atoms with Gasteiger partial charge in [-0.05, 0) is 47.7 Å². The van der Waals surface area contributed by atoms with Crippen molar-refractivity contribution in [2.45, 2.75) is 25.8 Å². The van der Waals surface area contributed by atoms with Crippen LogP contribution in [-0.2, 0) is 0 Å². The molecule has 0 aromatic carbocycles. The van der Waals surface area contributed by atoms with Crippen LogP contribution in [0.25, 0.3) is 11.4 Å². The van der Waals surface area contributed by atoms with Crippen molar-refractivity contribution in [2.75, 3.05) is 18.0 Å². The standard InChI is InChI=1S/C13H18BrN5O/c1-8(15)9-2-5-19(6-3-9)13-16-12(17-18-13)10-4-7-20-11(10)14/h4,7-9H,2-3,5-6,15H2,1H3,(H,16,17,18). The molecular formula is C13H18BrN5O. The van der Waals surface area contributed by atoms with E-state index in [0.29, 0.717) is 10.6 Å². The monoisotopic (exact) mass is 339 g/mol. The summed E-state index contributed by atoms with van der Waals surface area (Å²) in [6.45, 7) is 3.99. The minimum absolute atomic E-state index is 0.265. The van der Waals surface area contributed by atoms with Crippen LogP contribution in [-0.4, -0.2) is 34.3 Å². The summed E-state index contributed by atoms with van der Waals surface area (Å²) in [6, 6.07) is 2.12. The molecule has 108 valence electrons. The fourth-order valence-corrected chi connectivity index (χ4v) is 3.03. The predicted molar refractivity (Wildman–Crippen MR) is 80.4 cm³/mol. The summed E-state index contributed by atoms with van der Waals surface area (Å²) in [5.74, 6) is 2.07. The number of aromatic amines is 1. The largest absolute Gasteiger partial charge is 0.457 e. The molecule has 0 spiro atoms. The Hall–Kier alpha value is -1.34. The first-order valence-corrected chi connectivity index (χ1v) is 7.60. The van der Waals surface area contributed by atoms with Gasteiger partial charge in [0.1, 0.15) is 0 Å². The lowest BCUT2D eigenvalue weighted by molar-refractivity contribution is 0.352. The van der Waals surface area contributed by atoms with Gasteiger partial charge in [0.2, 0.25) is 5.95 Å². The second kappa shape index (κ2) is 5.57. The zero-order valence-corrected chi connectivity index (χ0v) is 12.9. The lowest BCUT2D eigenvalue weighted by Gasteiger charge is -2.32. The van der Waals surface area contributed by atoms with Crippen molar-refractivity contribution in [2.24, 2.45) is 11.7 Å². The quantitative estimate of drug-likeness (QED) is 0.896. The van der Waals surface area contributed by atoms with Crippen molar-refractivity contribution in [3.05, 3.63) is 17.0 Å². The molecule has 3 heterocycles. The Morgan fingerprint density at radius 2 is 2.25 bits per heavy atom. The van der Waals surface area contributed by atoms with Gasteiger partial charge in [-0.2, -0.15) is 4.98 Å². The molecule has 3 rings (SSSR count). The molecule has 20 heavy (non-hydrogen) atoms. The molecule has 3 N–H and O–H groups in total. The van der Waals surface area contributed by atoms with Gasteiger partial charge in [0.05, 0.1) is 11.8 Å². The highest BCUT2D eigenvalue weighted by atomic mass is 79.9. The van der Waals surface area contributed by atoms with Crippen LogP contribution in [0.15, 0.2) is 21.4 Å². The molecule has 0 radical (unpaired) electrons. The maximum absolute atomic E-state index is 5.96. The number of nitrogens with one attached hydrogen (secondary N) is 1. The molecule has 0 saturated carbocycles. The summed E-state index contributed by atoms with van der Waals surface area (Å²) in [6.07, 6.45) is 3.81. The average molecular weight is 340 g/mol. The topological polar surface area (TPSA) is 84.0 Å². The predicted octanol–water partition coefficient (Wildman–Crippen LogP) is 2.39. The number of hydrogen-bond donors (Lipinski definition) is 2. The molecule has 1 atom stereocenters. The number of aromatic nitrogens is 3. The van der Waals surface area contributed by atoms with Crippen LogP contribution in [0, 0.1) is 5.92 Å². The van der Waals surface area contributed by atoms with Crippen molar-refractivity contribution in [3.8, 4) is 11.4 Å². The Morgan fingerprint density at radius 3 is 2.85 bits per heavy atom. The van der Waals surface area contributed by atoms with Crippen LogP contribution in [0.1, 0.15) is 19.8 Å². The molecule has 7 heteroatoms. The number of halogens is 1. The van der Waals surface area contributed by atoms with Crippen molar-refractivity contribution < 1.29 is 4.42 Å². The third-order valence-corrected chi connectivity index (χ3v) is 4.53. The summed E-state index contributed by atoms with van der Waals surface area (Å²) in [7, 11) is 0. The van der Waals surface area contributed by atoms with E-state index in [0.717, 1.165) is 43.3 Å². The van der Waals surface area contributed by atoms with Crippen molar-refractivity contribution in [3.63, 3.8) is 0 Å². The third-order valence-electron chi connectivity index (χ3n) is 3.91. The maximum Gasteiger partial charge on any atom is 0.245 e. The number of furan rings is 1. The number of piperidine rings is 1. The lowest BCUT2D eigenvalue weighted by atomic mass is 9.91. The molecular weight excluding hydrogens is 322 g/mol. The number of rotatable bonds is 3. The van der Waals surface area contributed by atoms with Gasteiger partial charge >= 0.3 is 0 Å². The van der Waals surface area contributed by atoms with E-state index >= 15 is 0 Å². The fraction of sp³-hybridized carbons (Fsp3) is 0.538. The number of nitrogens with zero attached hydrogens (tertiary/aromatic N) is 3. The van der Waals surface area contributed by atoms with E-state index < -0.39 is 0 Å². The van der Waals surface area contributed by atoms with Gasteiger partial charge < -0.3 is 15.1 Å². The average Bonchev–Trinajstić information content (AvgIpc) is 3.07.